The molecule has 0 saturated carbocycles. The van der Waals surface area contributed by atoms with Crippen molar-refractivity contribution in [3.63, 3.8) is 0 Å². The van der Waals surface area contributed by atoms with Crippen molar-refractivity contribution in [3.05, 3.63) is 76.8 Å². The number of nitrogens with one attached hydrogen (secondary N) is 1. The van der Waals surface area contributed by atoms with Crippen LogP contribution in [0.3, 0.4) is 0 Å². The molecule has 33 heavy (non-hydrogen) atoms. The van der Waals surface area contributed by atoms with Crippen molar-refractivity contribution in [1.82, 2.24) is 5.32 Å². The summed E-state index contributed by atoms with van der Waals surface area (Å²) in [5.74, 6) is 0.949. The lowest BCUT2D eigenvalue weighted by atomic mass is 9.84. The van der Waals surface area contributed by atoms with Crippen molar-refractivity contribution in [2.45, 2.75) is 44.2 Å². The van der Waals surface area contributed by atoms with E-state index in [1.165, 1.54) is 0 Å². The van der Waals surface area contributed by atoms with E-state index < -0.39 is 11.6 Å². The summed E-state index contributed by atoms with van der Waals surface area (Å²) in [6, 6.07) is 15.2. The Kier molecular flexibility index (Phi) is 9.09. The van der Waals surface area contributed by atoms with E-state index in [0.29, 0.717) is 37.6 Å². The monoisotopic (exact) mass is 514 g/mol. The van der Waals surface area contributed by atoms with E-state index in [1.807, 2.05) is 48.5 Å². The summed E-state index contributed by atoms with van der Waals surface area (Å²) < 4.78 is 12.9. The molecule has 2 aromatic carbocycles. The summed E-state index contributed by atoms with van der Waals surface area (Å²) in [6.07, 6.45) is 3.94. The molecule has 1 aliphatic heterocycles. The molecule has 7 heteroatoms. The maximum absolute atomic E-state index is 13.5. The number of carbonyl (C=O) groups excluding carboxylic acids is 1. The molecule has 1 heterocycles. The number of carbonyl (C=O) groups is 1. The van der Waals surface area contributed by atoms with Crippen LogP contribution < -0.4 is 10.1 Å². The topological polar surface area (TPSA) is 80.2 Å². The molecule has 2 atom stereocenters. The van der Waals surface area contributed by atoms with Crippen LogP contribution in [0.2, 0.25) is 0 Å². The number of unbranched alkanes of at least 4 members (excludes halogenated alkanes) is 1. The van der Waals surface area contributed by atoms with Gasteiger partial charge in [0.05, 0.1) is 6.61 Å². The highest BCUT2D eigenvalue weighted by Crippen LogP contribution is 2.43. The molecular weight excluding hydrogens is 484 g/mol. The van der Waals surface area contributed by atoms with Crippen molar-refractivity contribution >= 4 is 27.7 Å². The van der Waals surface area contributed by atoms with E-state index in [4.69, 9.17) is 19.6 Å². The minimum Gasteiger partial charge on any atom is -0.494 e. The number of amides is 1. The molecule has 0 radical (unpaired) electrons. The summed E-state index contributed by atoms with van der Waals surface area (Å²) in [5.41, 5.74) is 0.488. The summed E-state index contributed by atoms with van der Waals surface area (Å²) in [4.78, 5) is 18.3. The maximum Gasteiger partial charge on any atom is 0.252 e. The highest BCUT2D eigenvalue weighted by atomic mass is 79.9. The number of ether oxygens (including phenoxy) is 2. The van der Waals surface area contributed by atoms with Crippen LogP contribution in [-0.4, -0.2) is 42.2 Å². The van der Waals surface area contributed by atoms with Gasteiger partial charge in [-0.3, -0.25) is 4.79 Å². The van der Waals surface area contributed by atoms with Gasteiger partial charge in [0.2, 0.25) is 5.90 Å². The van der Waals surface area contributed by atoms with Gasteiger partial charge in [-0.15, -0.1) is 6.58 Å². The molecule has 0 spiro atoms. The van der Waals surface area contributed by atoms with E-state index >= 15 is 0 Å². The molecule has 0 unspecified atom stereocenters. The minimum atomic E-state index is -1.14. The number of aliphatic hydroxyl groups excluding tert-OH is 1. The maximum atomic E-state index is 13.5. The lowest BCUT2D eigenvalue weighted by Gasteiger charge is -2.29. The van der Waals surface area contributed by atoms with Gasteiger partial charge >= 0.3 is 0 Å². The van der Waals surface area contributed by atoms with E-state index in [-0.39, 0.29) is 12.5 Å². The Morgan fingerprint density at radius 2 is 1.97 bits per heavy atom. The predicted octanol–water partition coefficient (Wildman–Crippen LogP) is 4.96. The average Bonchev–Trinajstić information content (AvgIpc) is 3.21. The van der Waals surface area contributed by atoms with Crippen molar-refractivity contribution < 1.29 is 19.4 Å². The van der Waals surface area contributed by atoms with Crippen LogP contribution in [0.25, 0.3) is 0 Å². The molecule has 2 N–H and O–H groups in total. The van der Waals surface area contributed by atoms with E-state index in [2.05, 4.69) is 34.7 Å². The van der Waals surface area contributed by atoms with Gasteiger partial charge in [0, 0.05) is 36.0 Å². The van der Waals surface area contributed by atoms with Gasteiger partial charge in [0.1, 0.15) is 5.75 Å². The molecule has 2 aromatic rings. The fourth-order valence-corrected chi connectivity index (χ4v) is 3.97. The number of aliphatic imine (C=N–C) groups is 1. The zero-order chi connectivity index (χ0) is 23.7. The number of nitrogens with zero attached hydrogens (tertiary/aromatic N) is 1. The number of aliphatic hydroxyl groups is 1. The van der Waals surface area contributed by atoms with Crippen LogP contribution in [0.4, 0.5) is 0 Å². The Morgan fingerprint density at radius 3 is 2.61 bits per heavy atom. The number of hydrogen-bond acceptors (Lipinski definition) is 5. The van der Waals surface area contributed by atoms with Crippen LogP contribution in [0, 0.1) is 0 Å². The van der Waals surface area contributed by atoms with Gasteiger partial charge in [-0.25, -0.2) is 4.99 Å². The third-order valence-corrected chi connectivity index (χ3v) is 6.00. The minimum absolute atomic E-state index is 0.0892. The number of hydrogen-bond donors (Lipinski definition) is 2. The molecule has 0 saturated heterocycles. The molecule has 1 aliphatic rings. The van der Waals surface area contributed by atoms with Crippen molar-refractivity contribution in [2.75, 3.05) is 19.8 Å². The van der Waals surface area contributed by atoms with Crippen LogP contribution in [0.15, 0.2) is 70.7 Å². The Morgan fingerprint density at radius 1 is 1.24 bits per heavy atom. The zero-order valence-corrected chi connectivity index (χ0v) is 20.5. The molecule has 0 fully saturated rings. The first-order chi connectivity index (χ1) is 16.0. The summed E-state index contributed by atoms with van der Waals surface area (Å²) >= 11 is 3.47. The van der Waals surface area contributed by atoms with Crippen LogP contribution in [0.1, 0.15) is 49.8 Å². The third-order valence-electron chi connectivity index (χ3n) is 5.47. The first-order valence-electron chi connectivity index (χ1n) is 11.3. The highest BCUT2D eigenvalue weighted by Gasteiger charge is 2.52. The van der Waals surface area contributed by atoms with Gasteiger partial charge in [-0.1, -0.05) is 47.5 Å². The van der Waals surface area contributed by atoms with E-state index in [1.54, 1.807) is 6.08 Å². The lowest BCUT2D eigenvalue weighted by molar-refractivity contribution is -0.128. The largest absolute Gasteiger partial charge is 0.494 e. The SMILES string of the molecule is C=CC[C@@]1(C(=O)NCCCC)N=C(c2ccc(OCCCO)cc2)O[C@@H]1c1ccc(Br)cc1. The second kappa shape index (κ2) is 12.0. The third kappa shape index (κ3) is 6.03. The summed E-state index contributed by atoms with van der Waals surface area (Å²) in [7, 11) is 0. The Labute approximate surface area is 203 Å². The van der Waals surface area contributed by atoms with E-state index in [0.717, 1.165) is 28.4 Å². The molecule has 1 amide bonds. The molecule has 0 bridgehead atoms. The standard InChI is InChI=1S/C26H31BrN2O4/c1-3-5-16-28-25(31)26(15-4-2)23(19-7-11-21(27)12-8-19)33-24(29-26)20-9-13-22(14-10-20)32-18-6-17-30/h4,7-14,23,30H,2-3,5-6,15-18H2,1H3,(H,28,31)/t23-,26-/m1/s1. The smallest absolute Gasteiger partial charge is 0.252 e. The first-order valence-corrected chi connectivity index (χ1v) is 12.1. The van der Waals surface area contributed by atoms with Crippen molar-refractivity contribution in [3.8, 4) is 5.75 Å². The second-order valence-electron chi connectivity index (χ2n) is 7.94. The normalized spacial score (nSPS) is 19.5. The fraction of sp³-hybridized carbons (Fsp3) is 0.385. The summed E-state index contributed by atoms with van der Waals surface area (Å²) in [5, 5.41) is 12.0. The van der Waals surface area contributed by atoms with Crippen LogP contribution in [0.5, 0.6) is 5.75 Å². The second-order valence-corrected chi connectivity index (χ2v) is 8.86. The molecule has 0 aromatic heterocycles. The van der Waals surface area contributed by atoms with Gasteiger partial charge in [0.25, 0.3) is 5.91 Å². The van der Waals surface area contributed by atoms with Gasteiger partial charge in [-0.05, 0) is 48.4 Å². The number of rotatable bonds is 12. The lowest BCUT2D eigenvalue weighted by Crippen LogP contribution is -2.48. The van der Waals surface area contributed by atoms with Gasteiger partial charge < -0.3 is 19.9 Å². The predicted molar refractivity (Wildman–Crippen MR) is 134 cm³/mol. The average molecular weight is 515 g/mol. The van der Waals surface area contributed by atoms with Crippen LogP contribution in [-0.2, 0) is 9.53 Å². The van der Waals surface area contributed by atoms with Crippen molar-refractivity contribution in [1.29, 1.82) is 0 Å². The van der Waals surface area contributed by atoms with Crippen molar-refractivity contribution in [2.24, 2.45) is 4.99 Å². The van der Waals surface area contributed by atoms with Gasteiger partial charge in [-0.2, -0.15) is 0 Å². The molecule has 6 nitrogen and oxygen atoms in total. The summed E-state index contributed by atoms with van der Waals surface area (Å²) in [6.45, 7) is 7.10. The quantitative estimate of drug-likeness (QED) is 0.310. The zero-order valence-electron chi connectivity index (χ0n) is 18.9. The number of benzene rings is 2. The fourth-order valence-electron chi connectivity index (χ4n) is 3.70. The first kappa shape index (κ1) is 25.0. The highest BCUT2D eigenvalue weighted by molar-refractivity contribution is 9.10. The molecule has 0 aliphatic carbocycles. The Bertz CT molecular complexity index is 959. The Hall–Kier alpha value is -2.64. The number of halogens is 1. The van der Waals surface area contributed by atoms with E-state index in [9.17, 15) is 4.79 Å². The molecule has 176 valence electrons. The van der Waals surface area contributed by atoms with Gasteiger partial charge in [0.15, 0.2) is 11.6 Å². The Balaban J connectivity index is 1.94. The molecule has 3 rings (SSSR count). The van der Waals surface area contributed by atoms with Crippen LogP contribution >= 0.6 is 15.9 Å². The molecular formula is C26H31BrN2O4.